The summed E-state index contributed by atoms with van der Waals surface area (Å²) in [7, 11) is 0. The molecule has 0 aliphatic carbocycles. The Morgan fingerprint density at radius 2 is 2.05 bits per heavy atom. The van der Waals surface area contributed by atoms with E-state index in [-0.39, 0.29) is 5.91 Å². The van der Waals surface area contributed by atoms with E-state index in [1.807, 2.05) is 25.7 Å². The van der Waals surface area contributed by atoms with Crippen LogP contribution in [0.1, 0.15) is 36.8 Å². The summed E-state index contributed by atoms with van der Waals surface area (Å²) in [6.45, 7) is 10.4. The van der Waals surface area contributed by atoms with E-state index < -0.39 is 0 Å². The number of carbonyl (C=O) groups is 1. The zero-order valence-corrected chi connectivity index (χ0v) is 12.1. The summed E-state index contributed by atoms with van der Waals surface area (Å²) in [5, 5.41) is 4.00. The van der Waals surface area contributed by atoms with Gasteiger partial charge in [-0.15, -0.1) is 0 Å². The molecule has 1 aromatic heterocycles. The van der Waals surface area contributed by atoms with Crippen molar-refractivity contribution >= 4 is 5.91 Å². The highest BCUT2D eigenvalue weighted by Gasteiger charge is 2.20. The molecule has 1 saturated heterocycles. The highest BCUT2D eigenvalue weighted by Crippen LogP contribution is 2.16. The zero-order chi connectivity index (χ0) is 13.8. The molecule has 0 unspecified atom stereocenters. The molecular formula is C14H23N3O2. The number of carbonyl (C=O) groups excluding carboxylic acids is 1. The van der Waals surface area contributed by atoms with E-state index in [0.29, 0.717) is 6.42 Å². The van der Waals surface area contributed by atoms with Crippen LogP contribution in [0.25, 0.3) is 0 Å². The Hall–Kier alpha value is -1.36. The van der Waals surface area contributed by atoms with Gasteiger partial charge in [0.15, 0.2) is 0 Å². The first-order chi connectivity index (χ1) is 9.11. The lowest BCUT2D eigenvalue weighted by atomic mass is 10.2. The monoisotopic (exact) mass is 265 g/mol. The number of nitrogens with zero attached hydrogens (tertiary/aromatic N) is 3. The van der Waals surface area contributed by atoms with E-state index in [0.717, 1.165) is 50.6 Å². The Morgan fingerprint density at radius 1 is 1.26 bits per heavy atom. The van der Waals surface area contributed by atoms with Crippen LogP contribution in [0.15, 0.2) is 4.52 Å². The number of rotatable bonds is 3. The van der Waals surface area contributed by atoms with Gasteiger partial charge >= 0.3 is 0 Å². The van der Waals surface area contributed by atoms with E-state index in [9.17, 15) is 4.79 Å². The first-order valence-corrected chi connectivity index (χ1v) is 7.03. The Bertz CT molecular complexity index is 422. The summed E-state index contributed by atoms with van der Waals surface area (Å²) in [5.41, 5.74) is 2.17. The van der Waals surface area contributed by atoms with Crippen LogP contribution in [0.3, 0.4) is 0 Å². The van der Waals surface area contributed by atoms with Crippen LogP contribution in [0, 0.1) is 13.8 Å². The Balaban J connectivity index is 1.95. The van der Waals surface area contributed by atoms with Crippen molar-refractivity contribution in [2.75, 3.05) is 26.2 Å². The number of aromatic nitrogens is 1. The molecule has 2 rings (SSSR count). The molecule has 1 fully saturated rings. The van der Waals surface area contributed by atoms with Crippen LogP contribution in [0.2, 0.25) is 0 Å². The summed E-state index contributed by atoms with van der Waals surface area (Å²) in [4.78, 5) is 16.1. The van der Waals surface area contributed by atoms with Crippen molar-refractivity contribution in [2.45, 2.75) is 40.2 Å². The molecule has 1 amide bonds. The lowest BCUT2D eigenvalue weighted by Crippen LogP contribution is -2.34. The second-order valence-corrected chi connectivity index (χ2v) is 5.17. The summed E-state index contributed by atoms with van der Waals surface area (Å²) in [5.74, 6) is 1.17. The van der Waals surface area contributed by atoms with Crippen LogP contribution >= 0.6 is 0 Å². The molecule has 0 aromatic carbocycles. The fourth-order valence-corrected chi connectivity index (χ4v) is 2.55. The fraction of sp³-hybridized carbons (Fsp3) is 0.714. The van der Waals surface area contributed by atoms with Gasteiger partial charge in [-0.2, -0.15) is 0 Å². The van der Waals surface area contributed by atoms with Crippen molar-refractivity contribution in [3.63, 3.8) is 0 Å². The van der Waals surface area contributed by atoms with Crippen molar-refractivity contribution in [2.24, 2.45) is 0 Å². The number of aryl methyl sites for hydroxylation is 2. The minimum Gasteiger partial charge on any atom is -0.361 e. The molecule has 106 valence electrons. The van der Waals surface area contributed by atoms with Gasteiger partial charge in [0, 0.05) is 44.7 Å². The van der Waals surface area contributed by atoms with E-state index in [4.69, 9.17) is 4.52 Å². The third-order valence-electron chi connectivity index (χ3n) is 3.81. The summed E-state index contributed by atoms with van der Waals surface area (Å²) in [6, 6.07) is 0. The van der Waals surface area contributed by atoms with Gasteiger partial charge in [-0.25, -0.2) is 0 Å². The highest BCUT2D eigenvalue weighted by atomic mass is 16.5. The molecule has 1 aliphatic rings. The predicted octanol–water partition coefficient (Wildman–Crippen LogP) is 1.74. The maximum Gasteiger partial charge on any atom is 0.222 e. The minimum absolute atomic E-state index is 0.263. The van der Waals surface area contributed by atoms with Gasteiger partial charge in [-0.3, -0.25) is 9.69 Å². The fourth-order valence-electron chi connectivity index (χ4n) is 2.55. The van der Waals surface area contributed by atoms with Gasteiger partial charge in [0.2, 0.25) is 5.91 Å². The normalized spacial score (nSPS) is 17.5. The summed E-state index contributed by atoms with van der Waals surface area (Å²) in [6.07, 6.45) is 1.64. The Labute approximate surface area is 114 Å². The van der Waals surface area contributed by atoms with Gasteiger partial charge in [0.1, 0.15) is 5.76 Å². The largest absolute Gasteiger partial charge is 0.361 e. The van der Waals surface area contributed by atoms with Crippen molar-refractivity contribution in [3.8, 4) is 0 Å². The summed E-state index contributed by atoms with van der Waals surface area (Å²) >= 11 is 0. The number of amides is 1. The number of hydrogen-bond acceptors (Lipinski definition) is 4. The smallest absolute Gasteiger partial charge is 0.222 e. The SMILES string of the molecule is CCC(=O)N1CCCN(Cc2c(C)noc2C)CC1. The molecule has 0 radical (unpaired) electrons. The second kappa shape index (κ2) is 6.19. The first kappa shape index (κ1) is 14.1. The van der Waals surface area contributed by atoms with E-state index in [1.165, 1.54) is 5.56 Å². The molecular weight excluding hydrogens is 242 g/mol. The van der Waals surface area contributed by atoms with Crippen molar-refractivity contribution in [3.05, 3.63) is 17.0 Å². The number of hydrogen-bond donors (Lipinski definition) is 0. The molecule has 5 heteroatoms. The topological polar surface area (TPSA) is 49.6 Å². The first-order valence-electron chi connectivity index (χ1n) is 7.03. The minimum atomic E-state index is 0.263. The van der Waals surface area contributed by atoms with Crippen LogP contribution in [-0.2, 0) is 11.3 Å². The van der Waals surface area contributed by atoms with E-state index in [2.05, 4.69) is 10.1 Å². The van der Waals surface area contributed by atoms with Gasteiger partial charge < -0.3 is 9.42 Å². The van der Waals surface area contributed by atoms with E-state index >= 15 is 0 Å². The summed E-state index contributed by atoms with van der Waals surface area (Å²) < 4.78 is 5.20. The third kappa shape index (κ3) is 3.35. The van der Waals surface area contributed by atoms with Gasteiger partial charge in [0.05, 0.1) is 5.69 Å². The lowest BCUT2D eigenvalue weighted by molar-refractivity contribution is -0.130. The van der Waals surface area contributed by atoms with Crippen LogP contribution in [0.4, 0.5) is 0 Å². The molecule has 1 aliphatic heterocycles. The molecule has 0 spiro atoms. The lowest BCUT2D eigenvalue weighted by Gasteiger charge is -2.21. The van der Waals surface area contributed by atoms with Crippen LogP contribution < -0.4 is 0 Å². The molecule has 0 N–H and O–H groups in total. The Morgan fingerprint density at radius 3 is 2.68 bits per heavy atom. The maximum absolute atomic E-state index is 11.7. The quantitative estimate of drug-likeness (QED) is 0.835. The van der Waals surface area contributed by atoms with Crippen LogP contribution in [0.5, 0.6) is 0 Å². The van der Waals surface area contributed by atoms with Gasteiger partial charge in [-0.05, 0) is 20.3 Å². The average molecular weight is 265 g/mol. The molecule has 19 heavy (non-hydrogen) atoms. The molecule has 1 aromatic rings. The van der Waals surface area contributed by atoms with Gasteiger partial charge in [-0.1, -0.05) is 12.1 Å². The van der Waals surface area contributed by atoms with E-state index in [1.54, 1.807) is 0 Å². The maximum atomic E-state index is 11.7. The standard InChI is InChI=1S/C14H23N3O2/c1-4-14(18)17-7-5-6-16(8-9-17)10-13-11(2)15-19-12(13)3/h4-10H2,1-3H3. The molecule has 0 atom stereocenters. The third-order valence-corrected chi connectivity index (χ3v) is 3.81. The van der Waals surface area contributed by atoms with Crippen molar-refractivity contribution in [1.82, 2.24) is 15.0 Å². The predicted molar refractivity (Wildman–Crippen MR) is 72.7 cm³/mol. The van der Waals surface area contributed by atoms with Crippen molar-refractivity contribution in [1.29, 1.82) is 0 Å². The van der Waals surface area contributed by atoms with Crippen LogP contribution in [-0.4, -0.2) is 47.0 Å². The van der Waals surface area contributed by atoms with Crippen molar-refractivity contribution < 1.29 is 9.32 Å². The molecule has 0 saturated carbocycles. The van der Waals surface area contributed by atoms with Gasteiger partial charge in [0.25, 0.3) is 0 Å². The average Bonchev–Trinajstić information content (AvgIpc) is 2.62. The zero-order valence-electron chi connectivity index (χ0n) is 12.1. The molecule has 5 nitrogen and oxygen atoms in total. The molecule has 0 bridgehead atoms. The Kier molecular flexibility index (Phi) is 4.58. The highest BCUT2D eigenvalue weighted by molar-refractivity contribution is 5.75. The second-order valence-electron chi connectivity index (χ2n) is 5.17. The molecule has 2 heterocycles.